The van der Waals surface area contributed by atoms with Gasteiger partial charge in [0.25, 0.3) is 0 Å². The van der Waals surface area contributed by atoms with Crippen molar-refractivity contribution in [1.29, 1.82) is 0 Å². The Balaban J connectivity index is 1.99. The van der Waals surface area contributed by atoms with Crippen LogP contribution in [-0.4, -0.2) is 4.98 Å². The van der Waals surface area contributed by atoms with Crippen LogP contribution in [0.2, 0.25) is 10.0 Å². The van der Waals surface area contributed by atoms with E-state index in [1.54, 1.807) is 0 Å². The number of rotatable bonds is 4. The molecular weight excluding hydrogens is 255 g/mol. The van der Waals surface area contributed by atoms with Crippen molar-refractivity contribution in [3.63, 3.8) is 0 Å². The first-order valence-electron chi connectivity index (χ1n) is 5.47. The fraction of sp³-hybridized carbons (Fsp3) is 0.231. The summed E-state index contributed by atoms with van der Waals surface area (Å²) >= 11 is 11.9. The molecule has 4 heteroatoms. The summed E-state index contributed by atoms with van der Waals surface area (Å²) in [7, 11) is 0. The second-order valence-corrected chi connectivity index (χ2v) is 4.79. The molecule has 17 heavy (non-hydrogen) atoms. The Bertz CT molecular complexity index is 480. The van der Waals surface area contributed by atoms with Gasteiger partial charge in [-0.15, -0.1) is 0 Å². The number of nitrogens with one attached hydrogen (secondary N) is 2. The summed E-state index contributed by atoms with van der Waals surface area (Å²) in [5.74, 6) is 0. The predicted octanol–water partition coefficient (Wildman–Crippen LogP) is 4.17. The molecule has 90 valence electrons. The highest BCUT2D eigenvalue weighted by Crippen LogP contribution is 2.25. The lowest BCUT2D eigenvalue weighted by atomic mass is 10.1. The molecule has 0 saturated carbocycles. The van der Waals surface area contributed by atoms with Crippen LogP contribution < -0.4 is 5.32 Å². The molecule has 0 saturated heterocycles. The van der Waals surface area contributed by atoms with E-state index in [-0.39, 0.29) is 6.04 Å². The van der Waals surface area contributed by atoms with Crippen LogP contribution in [0.1, 0.15) is 24.2 Å². The van der Waals surface area contributed by atoms with Gasteiger partial charge in [0.05, 0.1) is 10.0 Å². The molecule has 0 spiro atoms. The molecule has 2 rings (SSSR count). The summed E-state index contributed by atoms with van der Waals surface area (Å²) in [6.45, 7) is 2.90. The van der Waals surface area contributed by atoms with Gasteiger partial charge in [0, 0.05) is 24.5 Å². The Labute approximate surface area is 111 Å². The van der Waals surface area contributed by atoms with Gasteiger partial charge in [-0.1, -0.05) is 29.3 Å². The van der Waals surface area contributed by atoms with Crippen LogP contribution in [0.25, 0.3) is 0 Å². The van der Waals surface area contributed by atoms with E-state index in [2.05, 4.69) is 23.3 Å². The summed E-state index contributed by atoms with van der Waals surface area (Å²) in [6, 6.07) is 9.98. The number of H-pyrrole nitrogens is 1. The molecule has 0 bridgehead atoms. The minimum atomic E-state index is 0.230. The number of hydrogen-bond donors (Lipinski definition) is 2. The quantitative estimate of drug-likeness (QED) is 0.856. The first-order chi connectivity index (χ1) is 8.16. The summed E-state index contributed by atoms with van der Waals surface area (Å²) in [5, 5.41) is 4.60. The van der Waals surface area contributed by atoms with E-state index in [4.69, 9.17) is 23.2 Å². The van der Waals surface area contributed by atoms with E-state index < -0.39 is 0 Å². The van der Waals surface area contributed by atoms with Crippen molar-refractivity contribution in [2.75, 3.05) is 0 Å². The fourth-order valence-corrected chi connectivity index (χ4v) is 1.95. The Hall–Kier alpha value is -0.960. The van der Waals surface area contributed by atoms with Crippen LogP contribution in [-0.2, 0) is 6.54 Å². The van der Waals surface area contributed by atoms with E-state index in [9.17, 15) is 0 Å². The van der Waals surface area contributed by atoms with Crippen LogP contribution in [0.15, 0.2) is 36.5 Å². The van der Waals surface area contributed by atoms with Crippen molar-refractivity contribution in [2.45, 2.75) is 19.5 Å². The summed E-state index contributed by atoms with van der Waals surface area (Å²) in [4.78, 5) is 3.15. The summed E-state index contributed by atoms with van der Waals surface area (Å²) < 4.78 is 0. The largest absolute Gasteiger partial charge is 0.364 e. The molecule has 1 heterocycles. The zero-order chi connectivity index (χ0) is 12.3. The fourth-order valence-electron chi connectivity index (χ4n) is 1.64. The van der Waals surface area contributed by atoms with Gasteiger partial charge in [0.15, 0.2) is 0 Å². The van der Waals surface area contributed by atoms with Crippen LogP contribution in [0.4, 0.5) is 0 Å². The third-order valence-electron chi connectivity index (χ3n) is 2.70. The highest BCUT2D eigenvalue weighted by atomic mass is 35.5. The number of benzene rings is 1. The third kappa shape index (κ3) is 3.25. The van der Waals surface area contributed by atoms with Gasteiger partial charge in [-0.05, 0) is 36.8 Å². The minimum Gasteiger partial charge on any atom is -0.364 e. The second kappa shape index (κ2) is 5.58. The van der Waals surface area contributed by atoms with Crippen molar-refractivity contribution in [3.05, 3.63) is 57.8 Å². The summed E-state index contributed by atoms with van der Waals surface area (Å²) in [6.07, 6.45) is 1.92. The number of halogens is 2. The molecule has 0 fully saturated rings. The average molecular weight is 269 g/mol. The summed E-state index contributed by atoms with van der Waals surface area (Å²) in [5.41, 5.74) is 2.29. The van der Waals surface area contributed by atoms with Gasteiger partial charge in [0.2, 0.25) is 0 Å². The number of aromatic nitrogens is 1. The van der Waals surface area contributed by atoms with Crippen molar-refractivity contribution in [1.82, 2.24) is 10.3 Å². The van der Waals surface area contributed by atoms with Crippen molar-refractivity contribution >= 4 is 23.2 Å². The Morgan fingerprint density at radius 2 is 2.06 bits per heavy atom. The van der Waals surface area contributed by atoms with E-state index in [0.29, 0.717) is 10.0 Å². The second-order valence-electron chi connectivity index (χ2n) is 3.97. The molecule has 1 aromatic carbocycles. The van der Waals surface area contributed by atoms with Crippen LogP contribution in [0.5, 0.6) is 0 Å². The molecule has 1 aromatic heterocycles. The highest BCUT2D eigenvalue weighted by Gasteiger charge is 2.07. The number of aromatic amines is 1. The van der Waals surface area contributed by atoms with Gasteiger partial charge < -0.3 is 10.3 Å². The zero-order valence-electron chi connectivity index (χ0n) is 9.50. The zero-order valence-corrected chi connectivity index (χ0v) is 11.0. The molecule has 1 atom stereocenters. The SMILES string of the molecule is CC(NCc1ccc[nH]1)c1ccc(Cl)c(Cl)c1. The smallest absolute Gasteiger partial charge is 0.0595 e. The topological polar surface area (TPSA) is 27.8 Å². The van der Waals surface area contributed by atoms with E-state index >= 15 is 0 Å². The molecule has 2 N–H and O–H groups in total. The maximum atomic E-state index is 5.99. The minimum absolute atomic E-state index is 0.230. The van der Waals surface area contributed by atoms with Gasteiger partial charge in [-0.25, -0.2) is 0 Å². The van der Waals surface area contributed by atoms with E-state index in [1.165, 1.54) is 0 Å². The van der Waals surface area contributed by atoms with Crippen LogP contribution in [0, 0.1) is 0 Å². The first kappa shape index (κ1) is 12.5. The average Bonchev–Trinajstić information content (AvgIpc) is 2.82. The lowest BCUT2D eigenvalue weighted by molar-refractivity contribution is 0.569. The van der Waals surface area contributed by atoms with Crippen LogP contribution >= 0.6 is 23.2 Å². The van der Waals surface area contributed by atoms with Gasteiger partial charge in [-0.3, -0.25) is 0 Å². The van der Waals surface area contributed by atoms with Crippen LogP contribution in [0.3, 0.4) is 0 Å². The van der Waals surface area contributed by atoms with E-state index in [1.807, 2.05) is 30.5 Å². The van der Waals surface area contributed by atoms with Gasteiger partial charge >= 0.3 is 0 Å². The van der Waals surface area contributed by atoms with Gasteiger partial charge in [0.1, 0.15) is 0 Å². The lowest BCUT2D eigenvalue weighted by Gasteiger charge is -2.14. The monoisotopic (exact) mass is 268 g/mol. The normalized spacial score (nSPS) is 12.6. The molecule has 1 unspecified atom stereocenters. The maximum absolute atomic E-state index is 5.99. The molecular formula is C13H14Cl2N2. The first-order valence-corrected chi connectivity index (χ1v) is 6.23. The predicted molar refractivity (Wildman–Crippen MR) is 72.5 cm³/mol. The van der Waals surface area contributed by atoms with E-state index in [0.717, 1.165) is 17.8 Å². The van der Waals surface area contributed by atoms with Crippen molar-refractivity contribution < 1.29 is 0 Å². The van der Waals surface area contributed by atoms with Crippen molar-refractivity contribution in [3.8, 4) is 0 Å². The molecule has 2 aromatic rings. The molecule has 0 radical (unpaired) electrons. The molecule has 0 aliphatic heterocycles. The number of hydrogen-bond acceptors (Lipinski definition) is 1. The van der Waals surface area contributed by atoms with Crippen molar-refractivity contribution in [2.24, 2.45) is 0 Å². The molecule has 2 nitrogen and oxygen atoms in total. The standard InChI is InChI=1S/C13H14Cl2N2/c1-9(17-8-11-3-2-6-16-11)10-4-5-12(14)13(15)7-10/h2-7,9,16-17H,8H2,1H3. The molecule has 0 aliphatic rings. The third-order valence-corrected chi connectivity index (χ3v) is 3.44. The Morgan fingerprint density at radius 3 is 2.71 bits per heavy atom. The highest BCUT2D eigenvalue weighted by molar-refractivity contribution is 6.42. The Morgan fingerprint density at radius 1 is 1.24 bits per heavy atom. The molecule has 0 amide bonds. The Kier molecular flexibility index (Phi) is 4.11. The maximum Gasteiger partial charge on any atom is 0.0595 e. The molecule has 0 aliphatic carbocycles. The van der Waals surface area contributed by atoms with Gasteiger partial charge in [-0.2, -0.15) is 0 Å². The lowest BCUT2D eigenvalue weighted by Crippen LogP contribution is -2.18.